The second kappa shape index (κ2) is 6.36. The van der Waals surface area contributed by atoms with E-state index in [4.69, 9.17) is 0 Å². The molecule has 2 unspecified atom stereocenters. The minimum absolute atomic E-state index is 0.405. The molecule has 2 heteroatoms. The molecule has 0 aliphatic heterocycles. The summed E-state index contributed by atoms with van der Waals surface area (Å²) in [5.41, 5.74) is -0.405. The smallest absolute Gasteiger partial charge is 0.0771 e. The number of aliphatic hydroxyl groups is 1. The molecule has 0 radical (unpaired) electrons. The molecule has 3 aliphatic carbocycles. The molecule has 2 atom stereocenters. The monoisotopic (exact) mass is 279 g/mol. The molecule has 0 spiro atoms. The maximum absolute atomic E-state index is 10.7. The summed E-state index contributed by atoms with van der Waals surface area (Å²) in [5.74, 6) is 2.92. The molecule has 0 aromatic heterocycles. The van der Waals surface area contributed by atoms with Crippen LogP contribution >= 0.6 is 0 Å². The van der Waals surface area contributed by atoms with E-state index in [9.17, 15) is 5.11 Å². The van der Waals surface area contributed by atoms with Crippen molar-refractivity contribution in [3.05, 3.63) is 0 Å². The van der Waals surface area contributed by atoms with E-state index in [1.807, 2.05) is 0 Å². The minimum atomic E-state index is -0.405. The largest absolute Gasteiger partial charge is 0.389 e. The van der Waals surface area contributed by atoms with Gasteiger partial charge in [0.15, 0.2) is 0 Å². The summed E-state index contributed by atoms with van der Waals surface area (Å²) in [6.45, 7) is 3.12. The van der Waals surface area contributed by atoms with Crippen molar-refractivity contribution in [3.63, 3.8) is 0 Å². The highest BCUT2D eigenvalue weighted by molar-refractivity contribution is 4.91. The molecule has 0 bridgehead atoms. The highest BCUT2D eigenvalue weighted by Gasteiger charge is 2.36. The predicted molar refractivity (Wildman–Crippen MR) is 83.7 cm³/mol. The Morgan fingerprint density at radius 2 is 1.75 bits per heavy atom. The second-order valence-electron chi connectivity index (χ2n) is 7.92. The SMILES string of the molecule is CCC1CCC(O)(CNC2CCCC(C3CC3)C2)CC1. The van der Waals surface area contributed by atoms with Crippen LogP contribution in [0.2, 0.25) is 0 Å². The molecule has 3 saturated carbocycles. The highest BCUT2D eigenvalue weighted by atomic mass is 16.3. The van der Waals surface area contributed by atoms with Crippen molar-refractivity contribution >= 4 is 0 Å². The lowest BCUT2D eigenvalue weighted by Gasteiger charge is -2.38. The molecule has 3 fully saturated rings. The van der Waals surface area contributed by atoms with Gasteiger partial charge in [0.25, 0.3) is 0 Å². The summed E-state index contributed by atoms with van der Waals surface area (Å²) < 4.78 is 0. The Hall–Kier alpha value is -0.0800. The van der Waals surface area contributed by atoms with E-state index in [0.717, 1.165) is 37.1 Å². The summed E-state index contributed by atoms with van der Waals surface area (Å²) in [6, 6.07) is 0.683. The highest BCUT2D eigenvalue weighted by Crippen LogP contribution is 2.44. The third-order valence-electron chi connectivity index (χ3n) is 6.34. The van der Waals surface area contributed by atoms with Crippen LogP contribution in [-0.2, 0) is 0 Å². The number of hydrogen-bond acceptors (Lipinski definition) is 2. The average Bonchev–Trinajstić information content (AvgIpc) is 3.31. The standard InChI is InChI=1S/C18H33NO/c1-2-14-8-10-18(20,11-9-14)13-19-17-5-3-4-16(12-17)15-6-7-15/h14-17,19-20H,2-13H2,1H3. The van der Waals surface area contributed by atoms with Crippen LogP contribution in [0.15, 0.2) is 0 Å². The first-order chi connectivity index (χ1) is 9.68. The fourth-order valence-corrected chi connectivity index (χ4v) is 4.54. The van der Waals surface area contributed by atoms with Crippen molar-refractivity contribution in [1.82, 2.24) is 5.32 Å². The van der Waals surface area contributed by atoms with E-state index in [1.54, 1.807) is 0 Å². The van der Waals surface area contributed by atoms with E-state index >= 15 is 0 Å². The van der Waals surface area contributed by atoms with Crippen LogP contribution in [0.1, 0.15) is 77.6 Å². The Kier molecular flexibility index (Phi) is 4.72. The summed E-state index contributed by atoms with van der Waals surface area (Å²) in [4.78, 5) is 0. The van der Waals surface area contributed by atoms with Gasteiger partial charge in [-0.1, -0.05) is 26.2 Å². The Balaban J connectivity index is 1.42. The fourth-order valence-electron chi connectivity index (χ4n) is 4.54. The van der Waals surface area contributed by atoms with Gasteiger partial charge in [-0.3, -0.25) is 0 Å². The van der Waals surface area contributed by atoms with Gasteiger partial charge in [0.05, 0.1) is 5.60 Å². The molecule has 3 rings (SSSR count). The minimum Gasteiger partial charge on any atom is -0.389 e. The van der Waals surface area contributed by atoms with Crippen molar-refractivity contribution in [1.29, 1.82) is 0 Å². The number of rotatable bonds is 5. The number of hydrogen-bond donors (Lipinski definition) is 2. The summed E-state index contributed by atoms with van der Waals surface area (Å²) >= 11 is 0. The van der Waals surface area contributed by atoms with Crippen molar-refractivity contribution in [2.45, 2.75) is 89.2 Å². The first kappa shape index (κ1) is 14.8. The molecule has 2 nitrogen and oxygen atoms in total. The van der Waals surface area contributed by atoms with Crippen LogP contribution in [0.3, 0.4) is 0 Å². The first-order valence-electron chi connectivity index (χ1n) is 9.14. The van der Waals surface area contributed by atoms with Crippen LogP contribution in [-0.4, -0.2) is 23.3 Å². The Morgan fingerprint density at radius 1 is 1.00 bits per heavy atom. The Bertz CT molecular complexity index is 305. The van der Waals surface area contributed by atoms with Gasteiger partial charge in [0.1, 0.15) is 0 Å². The second-order valence-corrected chi connectivity index (χ2v) is 7.92. The lowest BCUT2D eigenvalue weighted by Crippen LogP contribution is -2.47. The average molecular weight is 279 g/mol. The van der Waals surface area contributed by atoms with E-state index in [0.29, 0.717) is 6.04 Å². The third-order valence-corrected chi connectivity index (χ3v) is 6.34. The van der Waals surface area contributed by atoms with Gasteiger partial charge in [0, 0.05) is 12.6 Å². The summed E-state index contributed by atoms with van der Waals surface area (Å²) in [6.07, 6.45) is 14.3. The van der Waals surface area contributed by atoms with Gasteiger partial charge >= 0.3 is 0 Å². The van der Waals surface area contributed by atoms with Gasteiger partial charge in [-0.05, 0) is 69.1 Å². The van der Waals surface area contributed by atoms with Crippen LogP contribution < -0.4 is 5.32 Å². The van der Waals surface area contributed by atoms with Crippen molar-refractivity contribution in [3.8, 4) is 0 Å². The molecule has 0 heterocycles. The van der Waals surface area contributed by atoms with Crippen molar-refractivity contribution in [2.75, 3.05) is 6.54 Å². The van der Waals surface area contributed by atoms with Gasteiger partial charge in [-0.25, -0.2) is 0 Å². The van der Waals surface area contributed by atoms with Crippen molar-refractivity contribution < 1.29 is 5.11 Å². The fraction of sp³-hybridized carbons (Fsp3) is 1.00. The lowest BCUT2D eigenvalue weighted by atomic mass is 9.77. The van der Waals surface area contributed by atoms with Crippen LogP contribution in [0, 0.1) is 17.8 Å². The molecule has 0 saturated heterocycles. The Morgan fingerprint density at radius 3 is 2.40 bits per heavy atom. The first-order valence-corrected chi connectivity index (χ1v) is 9.14. The zero-order chi connectivity index (χ0) is 14.0. The van der Waals surface area contributed by atoms with E-state index in [2.05, 4.69) is 12.2 Å². The van der Waals surface area contributed by atoms with Gasteiger partial charge < -0.3 is 10.4 Å². The van der Waals surface area contributed by atoms with Crippen LogP contribution in [0.25, 0.3) is 0 Å². The quantitative estimate of drug-likeness (QED) is 0.800. The molecular formula is C18H33NO. The molecule has 0 amide bonds. The molecule has 116 valence electrons. The van der Waals surface area contributed by atoms with Crippen LogP contribution in [0.5, 0.6) is 0 Å². The molecule has 0 aromatic rings. The zero-order valence-corrected chi connectivity index (χ0v) is 13.2. The normalized spacial score (nSPS) is 42.6. The molecular weight excluding hydrogens is 246 g/mol. The maximum Gasteiger partial charge on any atom is 0.0771 e. The molecule has 3 aliphatic rings. The van der Waals surface area contributed by atoms with E-state index in [1.165, 1.54) is 57.8 Å². The third kappa shape index (κ3) is 3.76. The zero-order valence-electron chi connectivity index (χ0n) is 13.2. The maximum atomic E-state index is 10.7. The lowest BCUT2D eigenvalue weighted by molar-refractivity contribution is -0.0121. The van der Waals surface area contributed by atoms with E-state index in [-0.39, 0.29) is 0 Å². The topological polar surface area (TPSA) is 32.3 Å². The van der Waals surface area contributed by atoms with Gasteiger partial charge in [0.2, 0.25) is 0 Å². The van der Waals surface area contributed by atoms with Crippen molar-refractivity contribution in [2.24, 2.45) is 17.8 Å². The van der Waals surface area contributed by atoms with E-state index < -0.39 is 5.60 Å². The predicted octanol–water partition coefficient (Wildman–Crippen LogP) is 3.88. The number of nitrogens with one attached hydrogen (secondary N) is 1. The Labute approximate surface area is 124 Å². The molecule has 2 N–H and O–H groups in total. The van der Waals surface area contributed by atoms with Gasteiger partial charge in [-0.15, -0.1) is 0 Å². The summed E-state index contributed by atoms with van der Waals surface area (Å²) in [7, 11) is 0. The van der Waals surface area contributed by atoms with Gasteiger partial charge in [-0.2, -0.15) is 0 Å². The molecule has 20 heavy (non-hydrogen) atoms. The molecule has 0 aromatic carbocycles. The van der Waals surface area contributed by atoms with Crippen LogP contribution in [0.4, 0.5) is 0 Å². The summed E-state index contributed by atoms with van der Waals surface area (Å²) in [5, 5.41) is 14.5.